The number of aromatic amines is 1. The number of imidazole rings is 1. The third-order valence-electron chi connectivity index (χ3n) is 1.10. The molecule has 0 aliphatic carbocycles. The molecule has 0 spiro atoms. The van der Waals surface area contributed by atoms with Crippen molar-refractivity contribution in [3.63, 3.8) is 0 Å². The van der Waals surface area contributed by atoms with Crippen molar-refractivity contribution in [3.05, 3.63) is 24.1 Å². The summed E-state index contributed by atoms with van der Waals surface area (Å²) in [5, 5.41) is 0. The molecule has 0 fully saturated rings. The summed E-state index contributed by atoms with van der Waals surface area (Å²) < 4.78 is 0. The van der Waals surface area contributed by atoms with Crippen LogP contribution in [-0.4, -0.2) is 9.97 Å². The normalized spacial score (nSPS) is 9.50. The molecule has 0 amide bonds. The van der Waals surface area contributed by atoms with Crippen LogP contribution in [0.3, 0.4) is 0 Å². The van der Waals surface area contributed by atoms with E-state index in [1.807, 2.05) is 6.20 Å². The maximum absolute atomic E-state index is 3.91. The first-order chi connectivity index (χ1) is 4.29. The van der Waals surface area contributed by atoms with Crippen LogP contribution in [0.4, 0.5) is 0 Å². The van der Waals surface area contributed by atoms with Crippen LogP contribution >= 0.6 is 0 Å². The van der Waals surface area contributed by atoms with E-state index < -0.39 is 0 Å². The van der Waals surface area contributed by atoms with Crippen LogP contribution in [0.1, 0.15) is 19.5 Å². The van der Waals surface area contributed by atoms with Crippen molar-refractivity contribution in [3.8, 4) is 0 Å². The van der Waals surface area contributed by atoms with Gasteiger partial charge in [0.15, 0.2) is 0 Å². The summed E-state index contributed by atoms with van der Waals surface area (Å²) in [6.45, 7) is 4.22. The second-order valence-corrected chi connectivity index (χ2v) is 2.46. The van der Waals surface area contributed by atoms with E-state index in [1.54, 1.807) is 6.33 Å². The minimum absolute atomic E-state index is 0. The van der Waals surface area contributed by atoms with Crippen LogP contribution in [-0.2, 0) is 6.42 Å². The summed E-state index contributed by atoms with van der Waals surface area (Å²) in [5.41, 5.74) is 1.19. The van der Waals surface area contributed by atoms with Gasteiger partial charge in [-0.2, -0.15) is 13.8 Å². The fourth-order valence-electron chi connectivity index (χ4n) is 0.762. The van der Waals surface area contributed by atoms with Crippen LogP contribution in [0.15, 0.2) is 12.5 Å². The number of hydrogen-bond donors (Lipinski definition) is 1. The van der Waals surface area contributed by atoms with E-state index >= 15 is 0 Å². The molecule has 0 aromatic carbocycles. The molecule has 0 aliphatic heterocycles. The first-order valence-corrected chi connectivity index (χ1v) is 3.05. The summed E-state index contributed by atoms with van der Waals surface area (Å²) in [6, 6.07) is 0. The van der Waals surface area contributed by atoms with Gasteiger partial charge >= 0.3 is 0 Å². The molecule has 1 heterocycles. The van der Waals surface area contributed by atoms with Crippen molar-refractivity contribution in [1.29, 1.82) is 0 Å². The zero-order valence-corrected chi connectivity index (χ0v) is 10.5. The summed E-state index contributed by atoms with van der Waals surface area (Å²) >= 11 is 0. The van der Waals surface area contributed by atoms with Crippen molar-refractivity contribution < 1.29 is 31.1 Å². The molecular formula is C7H11N2U-. The molecule has 1 aromatic rings. The second kappa shape index (κ2) is 4.98. The van der Waals surface area contributed by atoms with Crippen LogP contribution in [0.2, 0.25) is 0 Å². The van der Waals surface area contributed by atoms with Gasteiger partial charge in [0.1, 0.15) is 0 Å². The number of nitrogens with zero attached hydrogens (tertiary/aromatic N) is 1. The van der Waals surface area contributed by atoms with Gasteiger partial charge in [0.05, 0.1) is 6.33 Å². The number of H-pyrrole nitrogens is 1. The average Bonchev–Trinajstić information content (AvgIpc) is 2.15. The molecule has 54 valence electrons. The van der Waals surface area contributed by atoms with Crippen molar-refractivity contribution in [2.24, 2.45) is 0 Å². The van der Waals surface area contributed by atoms with Gasteiger partial charge in [-0.15, -0.1) is 6.42 Å². The van der Waals surface area contributed by atoms with E-state index in [4.69, 9.17) is 0 Å². The van der Waals surface area contributed by atoms with E-state index in [0.717, 1.165) is 6.42 Å². The van der Waals surface area contributed by atoms with E-state index in [9.17, 15) is 0 Å². The standard InChI is InChI=1S/C7H11N2.U/c1-6(2)3-7-4-8-5-9-7;/h4-5H,3H2,1-2H3,(H,8,9);/q-1;. The first kappa shape index (κ1) is 10.3. The third kappa shape index (κ3) is 3.44. The molecule has 2 nitrogen and oxygen atoms in total. The molecule has 3 heteroatoms. The maximum Gasteiger partial charge on any atom is 0.0920 e. The van der Waals surface area contributed by atoms with Gasteiger partial charge < -0.3 is 10.9 Å². The molecule has 10 heavy (non-hydrogen) atoms. The monoisotopic (exact) mass is 361 g/mol. The van der Waals surface area contributed by atoms with Crippen LogP contribution in [0.5, 0.6) is 0 Å². The summed E-state index contributed by atoms with van der Waals surface area (Å²) in [5.74, 6) is 1.40. The summed E-state index contributed by atoms with van der Waals surface area (Å²) in [4.78, 5) is 6.94. The maximum atomic E-state index is 3.91. The molecule has 0 aliphatic rings. The number of nitrogens with one attached hydrogen (secondary N) is 1. The van der Waals surface area contributed by atoms with Gasteiger partial charge in [-0.05, 0) is 0 Å². The van der Waals surface area contributed by atoms with Crippen LogP contribution < -0.4 is 0 Å². The Morgan fingerprint density at radius 2 is 2.30 bits per heavy atom. The smallest absolute Gasteiger partial charge is 0.0920 e. The largest absolute Gasteiger partial charge is 0.351 e. The zero-order chi connectivity index (χ0) is 6.69. The quantitative estimate of drug-likeness (QED) is 0.796. The van der Waals surface area contributed by atoms with Gasteiger partial charge in [-0.1, -0.05) is 0 Å². The molecular weight excluding hydrogens is 350 g/mol. The topological polar surface area (TPSA) is 28.7 Å². The molecule has 0 bridgehead atoms. The van der Waals surface area contributed by atoms with Gasteiger partial charge in [-0.25, -0.2) is 4.98 Å². The van der Waals surface area contributed by atoms with Crippen LogP contribution in [0.25, 0.3) is 0 Å². The second-order valence-electron chi connectivity index (χ2n) is 2.46. The Morgan fingerprint density at radius 1 is 1.60 bits per heavy atom. The van der Waals surface area contributed by atoms with E-state index in [2.05, 4.69) is 23.8 Å². The summed E-state index contributed by atoms with van der Waals surface area (Å²) in [7, 11) is 0. The average molecular weight is 361 g/mol. The van der Waals surface area contributed by atoms with Crippen molar-refractivity contribution >= 4 is 0 Å². The SMILES string of the molecule is C[C-](C)Cc1cnc[nH]1.[U]. The van der Waals surface area contributed by atoms with E-state index in [0.29, 0.717) is 0 Å². The molecule has 1 N–H and O–H groups in total. The van der Waals surface area contributed by atoms with Crippen molar-refractivity contribution in [2.45, 2.75) is 20.3 Å². The first-order valence-electron chi connectivity index (χ1n) is 3.05. The zero-order valence-electron chi connectivity index (χ0n) is 6.31. The molecule has 0 saturated carbocycles. The predicted molar refractivity (Wildman–Crippen MR) is 36.9 cm³/mol. The van der Waals surface area contributed by atoms with Crippen molar-refractivity contribution in [2.75, 3.05) is 0 Å². The molecule has 0 saturated heterocycles. The molecule has 1 aromatic heterocycles. The molecule has 1 rings (SSSR count). The Morgan fingerprint density at radius 3 is 2.70 bits per heavy atom. The minimum Gasteiger partial charge on any atom is -0.351 e. The Labute approximate surface area is 85.2 Å². The van der Waals surface area contributed by atoms with E-state index in [1.165, 1.54) is 11.6 Å². The number of hydrogen-bond acceptors (Lipinski definition) is 1. The summed E-state index contributed by atoms with van der Waals surface area (Å²) in [6.07, 6.45) is 4.57. The fourth-order valence-corrected chi connectivity index (χ4v) is 0.762. The Hall–Kier alpha value is 0.262. The van der Waals surface area contributed by atoms with Crippen molar-refractivity contribution in [1.82, 2.24) is 9.97 Å². The van der Waals surface area contributed by atoms with Gasteiger partial charge in [0.2, 0.25) is 0 Å². The van der Waals surface area contributed by atoms with Gasteiger partial charge in [-0.3, -0.25) is 0 Å². The Balaban J connectivity index is 0.000000810. The number of aromatic nitrogens is 2. The molecule has 0 atom stereocenters. The molecule has 0 radical (unpaired) electrons. The van der Waals surface area contributed by atoms with Gasteiger partial charge in [0.25, 0.3) is 0 Å². The minimum atomic E-state index is 0. The fraction of sp³-hybridized carbons (Fsp3) is 0.429. The third-order valence-corrected chi connectivity index (χ3v) is 1.10. The van der Waals surface area contributed by atoms with E-state index in [-0.39, 0.29) is 31.1 Å². The van der Waals surface area contributed by atoms with Crippen LogP contribution in [0, 0.1) is 37.0 Å². The Bertz CT molecular complexity index is 158. The van der Waals surface area contributed by atoms with Gasteiger partial charge in [0, 0.05) is 43.0 Å². The predicted octanol–water partition coefficient (Wildman–Crippen LogP) is 1.57. The molecule has 0 unspecified atom stereocenters. The Kier molecular flexibility index (Phi) is 5.12. The number of rotatable bonds is 2.